The monoisotopic (exact) mass is 203 g/mol. The van der Waals surface area contributed by atoms with Gasteiger partial charge in [0.05, 0.1) is 6.61 Å². The summed E-state index contributed by atoms with van der Waals surface area (Å²) < 4.78 is 5.48. The van der Waals surface area contributed by atoms with E-state index in [2.05, 4.69) is 23.5 Å². The van der Waals surface area contributed by atoms with Crippen molar-refractivity contribution in [2.24, 2.45) is 0 Å². The molecule has 2 nitrogen and oxygen atoms in total. The molecule has 2 heterocycles. The standard InChI is InChI=1S/C13H17NO/c1-2-10-4-6-14-8-13(10)12(3-1)11-5-7-15-9-11/h1-3,11,14H,4-9H2. The third-order valence-electron chi connectivity index (χ3n) is 3.55. The molecule has 2 aliphatic rings. The van der Waals surface area contributed by atoms with Crippen molar-refractivity contribution < 1.29 is 4.74 Å². The molecule has 2 aliphatic heterocycles. The number of rotatable bonds is 1. The van der Waals surface area contributed by atoms with Crippen LogP contribution in [0.1, 0.15) is 29.0 Å². The van der Waals surface area contributed by atoms with Crippen molar-refractivity contribution in [2.75, 3.05) is 19.8 Å². The summed E-state index contributed by atoms with van der Waals surface area (Å²) in [4.78, 5) is 0. The molecule has 3 rings (SSSR count). The summed E-state index contributed by atoms with van der Waals surface area (Å²) in [6.45, 7) is 4.01. The van der Waals surface area contributed by atoms with Gasteiger partial charge in [-0.3, -0.25) is 0 Å². The Kier molecular flexibility index (Phi) is 2.47. The Balaban J connectivity index is 1.99. The van der Waals surface area contributed by atoms with Crippen LogP contribution >= 0.6 is 0 Å². The van der Waals surface area contributed by atoms with E-state index in [1.165, 1.54) is 24.0 Å². The molecule has 1 N–H and O–H groups in total. The maximum Gasteiger partial charge on any atom is 0.0535 e. The highest BCUT2D eigenvalue weighted by Crippen LogP contribution is 2.30. The maximum absolute atomic E-state index is 5.48. The smallest absolute Gasteiger partial charge is 0.0535 e. The lowest BCUT2D eigenvalue weighted by Crippen LogP contribution is -2.25. The van der Waals surface area contributed by atoms with Crippen molar-refractivity contribution >= 4 is 0 Å². The molecule has 0 radical (unpaired) electrons. The van der Waals surface area contributed by atoms with E-state index in [4.69, 9.17) is 4.74 Å². The Labute approximate surface area is 90.6 Å². The van der Waals surface area contributed by atoms with Crippen molar-refractivity contribution in [1.29, 1.82) is 0 Å². The van der Waals surface area contributed by atoms with E-state index in [0.717, 1.165) is 26.3 Å². The van der Waals surface area contributed by atoms with Crippen LogP contribution in [-0.4, -0.2) is 19.8 Å². The molecule has 0 saturated carbocycles. The first-order valence-electron chi connectivity index (χ1n) is 5.84. The number of ether oxygens (including phenoxy) is 1. The first kappa shape index (κ1) is 9.37. The second-order valence-corrected chi connectivity index (χ2v) is 4.47. The first-order chi connectivity index (χ1) is 7.45. The predicted molar refractivity (Wildman–Crippen MR) is 60.0 cm³/mol. The molecule has 1 aromatic carbocycles. The van der Waals surface area contributed by atoms with Crippen molar-refractivity contribution in [3.63, 3.8) is 0 Å². The average Bonchev–Trinajstić information content (AvgIpc) is 2.82. The van der Waals surface area contributed by atoms with E-state index >= 15 is 0 Å². The summed E-state index contributed by atoms with van der Waals surface area (Å²) in [6.07, 6.45) is 2.37. The van der Waals surface area contributed by atoms with E-state index in [9.17, 15) is 0 Å². The summed E-state index contributed by atoms with van der Waals surface area (Å²) in [5.74, 6) is 0.639. The fourth-order valence-electron chi connectivity index (χ4n) is 2.70. The fourth-order valence-corrected chi connectivity index (χ4v) is 2.70. The quantitative estimate of drug-likeness (QED) is 0.752. The molecule has 1 unspecified atom stereocenters. The van der Waals surface area contributed by atoms with Crippen molar-refractivity contribution in [3.05, 3.63) is 34.9 Å². The van der Waals surface area contributed by atoms with Crippen molar-refractivity contribution in [1.82, 2.24) is 5.32 Å². The first-order valence-corrected chi connectivity index (χ1v) is 5.84. The third kappa shape index (κ3) is 1.68. The van der Waals surface area contributed by atoms with Crippen LogP contribution in [0.3, 0.4) is 0 Å². The highest BCUT2D eigenvalue weighted by atomic mass is 16.5. The molecule has 1 fully saturated rings. The topological polar surface area (TPSA) is 21.3 Å². The molecule has 15 heavy (non-hydrogen) atoms. The summed E-state index contributed by atoms with van der Waals surface area (Å²) in [6, 6.07) is 6.76. The molecular weight excluding hydrogens is 186 g/mol. The molecule has 0 amide bonds. The zero-order valence-electron chi connectivity index (χ0n) is 8.96. The molecule has 0 spiro atoms. The van der Waals surface area contributed by atoms with Crippen LogP contribution in [0.2, 0.25) is 0 Å². The van der Waals surface area contributed by atoms with Gasteiger partial charge in [0.2, 0.25) is 0 Å². The van der Waals surface area contributed by atoms with E-state index < -0.39 is 0 Å². The maximum atomic E-state index is 5.48. The molecule has 0 aliphatic carbocycles. The molecule has 2 heteroatoms. The van der Waals surface area contributed by atoms with Gasteiger partial charge in [-0.05, 0) is 36.1 Å². The van der Waals surface area contributed by atoms with E-state index in [-0.39, 0.29) is 0 Å². The molecular formula is C13H17NO. The van der Waals surface area contributed by atoms with Crippen LogP contribution in [0, 0.1) is 0 Å². The molecule has 1 saturated heterocycles. The van der Waals surface area contributed by atoms with Crippen LogP contribution in [0.5, 0.6) is 0 Å². The molecule has 1 atom stereocenters. The Hall–Kier alpha value is -0.860. The highest BCUT2D eigenvalue weighted by molar-refractivity contribution is 5.39. The number of nitrogens with one attached hydrogen (secondary N) is 1. The fraction of sp³-hybridized carbons (Fsp3) is 0.538. The number of hydrogen-bond acceptors (Lipinski definition) is 2. The van der Waals surface area contributed by atoms with Crippen molar-refractivity contribution in [3.8, 4) is 0 Å². The van der Waals surface area contributed by atoms with Gasteiger partial charge >= 0.3 is 0 Å². The lowest BCUT2D eigenvalue weighted by atomic mass is 9.88. The Morgan fingerprint density at radius 3 is 3.20 bits per heavy atom. The second kappa shape index (κ2) is 3.95. The van der Waals surface area contributed by atoms with E-state index in [1.807, 2.05) is 0 Å². The Morgan fingerprint density at radius 2 is 2.33 bits per heavy atom. The SMILES string of the molecule is c1cc2c(c(C3CCOC3)c1)CNCC2. The summed E-state index contributed by atoms with van der Waals surface area (Å²) in [7, 11) is 0. The Bertz CT molecular complexity index is 356. The minimum absolute atomic E-state index is 0.639. The van der Waals surface area contributed by atoms with Gasteiger partial charge in [-0.15, -0.1) is 0 Å². The lowest BCUT2D eigenvalue weighted by Gasteiger charge is -2.22. The minimum Gasteiger partial charge on any atom is -0.381 e. The molecule has 0 bridgehead atoms. The number of fused-ring (bicyclic) bond motifs is 1. The van der Waals surface area contributed by atoms with Crippen LogP contribution in [0.15, 0.2) is 18.2 Å². The average molecular weight is 203 g/mol. The van der Waals surface area contributed by atoms with Gasteiger partial charge in [-0.2, -0.15) is 0 Å². The number of hydrogen-bond donors (Lipinski definition) is 1. The van der Waals surface area contributed by atoms with E-state index in [1.54, 1.807) is 5.56 Å². The highest BCUT2D eigenvalue weighted by Gasteiger charge is 2.22. The summed E-state index contributed by atoms with van der Waals surface area (Å²) in [5.41, 5.74) is 4.61. The Morgan fingerprint density at radius 1 is 1.33 bits per heavy atom. The second-order valence-electron chi connectivity index (χ2n) is 4.47. The molecule has 1 aromatic rings. The predicted octanol–water partition coefficient (Wildman–Crippen LogP) is 1.84. The zero-order chi connectivity index (χ0) is 10.1. The normalized spacial score (nSPS) is 25.2. The van der Waals surface area contributed by atoms with Gasteiger partial charge in [0.1, 0.15) is 0 Å². The summed E-state index contributed by atoms with van der Waals surface area (Å²) in [5, 5.41) is 3.46. The van der Waals surface area contributed by atoms with Gasteiger partial charge in [0.15, 0.2) is 0 Å². The van der Waals surface area contributed by atoms with Gasteiger partial charge in [0, 0.05) is 19.1 Å². The number of benzene rings is 1. The van der Waals surface area contributed by atoms with Gasteiger partial charge in [0.25, 0.3) is 0 Å². The largest absolute Gasteiger partial charge is 0.381 e. The summed E-state index contributed by atoms with van der Waals surface area (Å²) >= 11 is 0. The third-order valence-corrected chi connectivity index (χ3v) is 3.55. The zero-order valence-corrected chi connectivity index (χ0v) is 8.96. The van der Waals surface area contributed by atoms with Gasteiger partial charge < -0.3 is 10.1 Å². The van der Waals surface area contributed by atoms with Crippen LogP contribution in [0.25, 0.3) is 0 Å². The van der Waals surface area contributed by atoms with Crippen LogP contribution in [0.4, 0.5) is 0 Å². The molecule has 80 valence electrons. The lowest BCUT2D eigenvalue weighted by molar-refractivity contribution is 0.194. The van der Waals surface area contributed by atoms with Gasteiger partial charge in [-0.1, -0.05) is 18.2 Å². The van der Waals surface area contributed by atoms with E-state index in [0.29, 0.717) is 5.92 Å². The minimum atomic E-state index is 0.639. The molecule has 0 aromatic heterocycles. The van der Waals surface area contributed by atoms with Gasteiger partial charge in [-0.25, -0.2) is 0 Å². The van der Waals surface area contributed by atoms with Crippen molar-refractivity contribution in [2.45, 2.75) is 25.3 Å². The van der Waals surface area contributed by atoms with Crippen LogP contribution < -0.4 is 5.32 Å². The van der Waals surface area contributed by atoms with Crippen LogP contribution in [-0.2, 0) is 17.7 Å².